The summed E-state index contributed by atoms with van der Waals surface area (Å²) in [6.07, 6.45) is 3.39. The first-order valence-corrected chi connectivity index (χ1v) is 7.33. The molecular weight excluding hydrogens is 276 g/mol. The first kappa shape index (κ1) is 13.0. The third kappa shape index (κ3) is 2.64. The summed E-state index contributed by atoms with van der Waals surface area (Å²) in [6, 6.07) is -0.314. The molecule has 2 amide bonds. The van der Waals surface area contributed by atoms with Gasteiger partial charge in [-0.15, -0.1) is 16.4 Å². The van der Waals surface area contributed by atoms with Crippen molar-refractivity contribution in [1.82, 2.24) is 25.1 Å². The molecule has 0 aliphatic heterocycles. The first-order valence-electron chi connectivity index (χ1n) is 6.52. The summed E-state index contributed by atoms with van der Waals surface area (Å²) in [6.45, 7) is 2.27. The number of aromatic nitrogens is 4. The molecule has 1 aliphatic carbocycles. The lowest BCUT2D eigenvalue weighted by Crippen LogP contribution is -2.28. The van der Waals surface area contributed by atoms with Gasteiger partial charge in [0, 0.05) is 11.9 Å². The third-order valence-corrected chi connectivity index (χ3v) is 4.40. The predicted molar refractivity (Wildman–Crippen MR) is 75.7 cm³/mol. The number of carbonyl (C=O) groups excluding carboxylic acids is 1. The van der Waals surface area contributed by atoms with E-state index in [4.69, 9.17) is 0 Å². The number of anilines is 1. The molecule has 3 rings (SSSR count). The molecule has 0 aromatic carbocycles. The zero-order valence-electron chi connectivity index (χ0n) is 11.4. The monoisotopic (exact) mass is 292 g/mol. The number of amides is 2. The van der Waals surface area contributed by atoms with Crippen molar-refractivity contribution >= 4 is 23.3 Å². The number of thiazole rings is 1. The number of aryl methyl sites for hydroxylation is 4. The van der Waals surface area contributed by atoms with Crippen LogP contribution in [0.2, 0.25) is 0 Å². The number of nitrogens with zero attached hydrogens (tertiary/aromatic N) is 4. The molecule has 8 heteroatoms. The van der Waals surface area contributed by atoms with Crippen LogP contribution < -0.4 is 10.6 Å². The minimum absolute atomic E-state index is 0.309. The lowest BCUT2D eigenvalue weighted by molar-refractivity contribution is 0.251. The summed E-state index contributed by atoms with van der Waals surface area (Å²) in [5, 5.41) is 10.4. The fourth-order valence-corrected chi connectivity index (χ4v) is 3.23. The molecule has 0 saturated heterocycles. The highest BCUT2D eigenvalue weighted by atomic mass is 32.1. The zero-order chi connectivity index (χ0) is 14.1. The average Bonchev–Trinajstić information content (AvgIpc) is 3.03. The van der Waals surface area contributed by atoms with Crippen LogP contribution in [-0.4, -0.2) is 25.8 Å². The molecule has 106 valence electrons. The van der Waals surface area contributed by atoms with Crippen molar-refractivity contribution in [3.63, 3.8) is 0 Å². The molecule has 0 unspecified atom stereocenters. The highest BCUT2D eigenvalue weighted by Gasteiger charge is 2.17. The van der Waals surface area contributed by atoms with Crippen molar-refractivity contribution in [1.29, 1.82) is 0 Å². The second-order valence-corrected chi connectivity index (χ2v) is 5.91. The number of hydrogen-bond donors (Lipinski definition) is 2. The van der Waals surface area contributed by atoms with E-state index in [1.54, 1.807) is 23.1 Å². The molecule has 0 saturated carbocycles. The molecule has 1 aliphatic rings. The Morgan fingerprint density at radius 1 is 1.40 bits per heavy atom. The second-order valence-electron chi connectivity index (χ2n) is 4.74. The Labute approximate surface area is 120 Å². The van der Waals surface area contributed by atoms with Gasteiger partial charge in [0.1, 0.15) is 10.8 Å². The Balaban J connectivity index is 1.53. The Bertz CT molecular complexity index is 605. The first-order chi connectivity index (χ1) is 9.61. The fraction of sp³-hybridized carbons (Fsp3) is 0.500. The third-order valence-electron chi connectivity index (χ3n) is 3.25. The van der Waals surface area contributed by atoms with E-state index in [1.807, 2.05) is 6.92 Å². The minimum atomic E-state index is -0.314. The number of hydrogen-bond acceptors (Lipinski definition) is 5. The SMILES string of the molecule is Cc1nc(NC(=O)NCc2nc3c(s2)CCC3)nn1C. The number of carbonyl (C=O) groups is 1. The lowest BCUT2D eigenvalue weighted by atomic mass is 10.4. The van der Waals surface area contributed by atoms with Crippen LogP contribution in [-0.2, 0) is 26.4 Å². The topological polar surface area (TPSA) is 84.7 Å². The van der Waals surface area contributed by atoms with Gasteiger partial charge in [0.25, 0.3) is 0 Å². The van der Waals surface area contributed by atoms with Gasteiger partial charge in [-0.2, -0.15) is 4.98 Å². The number of urea groups is 1. The van der Waals surface area contributed by atoms with Gasteiger partial charge in [0.05, 0.1) is 12.2 Å². The Kier molecular flexibility index (Phi) is 3.39. The predicted octanol–water partition coefficient (Wildman–Crippen LogP) is 1.39. The standard InChI is InChI=1S/C12H16N6OS/c1-7-14-11(17-18(7)2)16-12(19)13-6-10-15-8-4-3-5-9(8)20-10/h3-6H2,1-2H3,(H2,13,16,17,19). The van der Waals surface area contributed by atoms with E-state index in [1.165, 1.54) is 17.0 Å². The molecule has 0 spiro atoms. The van der Waals surface area contributed by atoms with Gasteiger partial charge < -0.3 is 5.32 Å². The van der Waals surface area contributed by atoms with Crippen LogP contribution >= 0.6 is 11.3 Å². The van der Waals surface area contributed by atoms with Crippen molar-refractivity contribution in [2.45, 2.75) is 32.7 Å². The largest absolute Gasteiger partial charge is 0.331 e. The van der Waals surface area contributed by atoms with E-state index in [9.17, 15) is 4.79 Å². The van der Waals surface area contributed by atoms with Gasteiger partial charge in [-0.1, -0.05) is 0 Å². The number of nitrogens with one attached hydrogen (secondary N) is 2. The summed E-state index contributed by atoms with van der Waals surface area (Å²) in [5.41, 5.74) is 1.20. The van der Waals surface area contributed by atoms with Crippen LogP contribution in [0.1, 0.15) is 27.8 Å². The summed E-state index contributed by atoms with van der Waals surface area (Å²) < 4.78 is 1.61. The fourth-order valence-electron chi connectivity index (χ4n) is 2.14. The normalized spacial score (nSPS) is 13.3. The smallest absolute Gasteiger partial charge is 0.322 e. The maximum absolute atomic E-state index is 11.7. The Morgan fingerprint density at radius 2 is 2.25 bits per heavy atom. The van der Waals surface area contributed by atoms with Crippen LogP contribution in [0.3, 0.4) is 0 Å². The molecule has 7 nitrogen and oxygen atoms in total. The molecule has 2 N–H and O–H groups in total. The van der Waals surface area contributed by atoms with Crippen LogP contribution in [0.5, 0.6) is 0 Å². The summed E-state index contributed by atoms with van der Waals surface area (Å²) in [4.78, 5) is 21.8. The van der Waals surface area contributed by atoms with Crippen molar-refractivity contribution < 1.29 is 4.79 Å². The molecule has 2 aromatic heterocycles. The highest BCUT2D eigenvalue weighted by Crippen LogP contribution is 2.27. The van der Waals surface area contributed by atoms with Gasteiger partial charge in [0.15, 0.2) is 0 Å². The van der Waals surface area contributed by atoms with E-state index in [-0.39, 0.29) is 6.03 Å². The lowest BCUT2D eigenvalue weighted by Gasteiger charge is -2.02. The quantitative estimate of drug-likeness (QED) is 0.895. The van der Waals surface area contributed by atoms with Gasteiger partial charge in [0.2, 0.25) is 5.95 Å². The van der Waals surface area contributed by atoms with Crippen LogP contribution in [0.4, 0.5) is 10.7 Å². The van der Waals surface area contributed by atoms with Gasteiger partial charge in [-0.3, -0.25) is 10.00 Å². The van der Waals surface area contributed by atoms with Crippen LogP contribution in [0, 0.1) is 6.92 Å². The summed E-state index contributed by atoms with van der Waals surface area (Å²) >= 11 is 1.69. The van der Waals surface area contributed by atoms with E-state index in [0.717, 1.165) is 23.7 Å². The molecule has 0 fully saturated rings. The molecular formula is C12H16N6OS. The molecule has 2 heterocycles. The minimum Gasteiger partial charge on any atom is -0.331 e. The molecule has 20 heavy (non-hydrogen) atoms. The van der Waals surface area contributed by atoms with Crippen molar-refractivity contribution in [2.24, 2.45) is 7.05 Å². The maximum Gasteiger partial charge on any atom is 0.322 e. The Hall–Kier alpha value is -1.96. The van der Waals surface area contributed by atoms with Crippen molar-refractivity contribution in [3.8, 4) is 0 Å². The van der Waals surface area contributed by atoms with Gasteiger partial charge >= 0.3 is 6.03 Å². The zero-order valence-corrected chi connectivity index (χ0v) is 12.3. The van der Waals surface area contributed by atoms with Gasteiger partial charge in [-0.25, -0.2) is 9.78 Å². The average molecular weight is 292 g/mol. The number of fused-ring (bicyclic) bond motifs is 1. The van der Waals surface area contributed by atoms with Crippen LogP contribution in [0.25, 0.3) is 0 Å². The van der Waals surface area contributed by atoms with E-state index >= 15 is 0 Å². The van der Waals surface area contributed by atoms with Crippen molar-refractivity contribution in [2.75, 3.05) is 5.32 Å². The summed E-state index contributed by atoms with van der Waals surface area (Å²) in [7, 11) is 1.78. The Morgan fingerprint density at radius 3 is 2.95 bits per heavy atom. The second kappa shape index (κ2) is 5.20. The molecule has 0 radical (unpaired) electrons. The molecule has 0 atom stereocenters. The van der Waals surface area contributed by atoms with E-state index in [2.05, 4.69) is 25.7 Å². The molecule has 0 bridgehead atoms. The number of rotatable bonds is 3. The highest BCUT2D eigenvalue weighted by molar-refractivity contribution is 7.11. The molecule has 2 aromatic rings. The van der Waals surface area contributed by atoms with Crippen molar-refractivity contribution in [3.05, 3.63) is 21.4 Å². The van der Waals surface area contributed by atoms with Crippen LogP contribution in [0.15, 0.2) is 0 Å². The van der Waals surface area contributed by atoms with E-state index < -0.39 is 0 Å². The maximum atomic E-state index is 11.7. The van der Waals surface area contributed by atoms with Gasteiger partial charge in [-0.05, 0) is 26.2 Å². The van der Waals surface area contributed by atoms with E-state index in [0.29, 0.717) is 12.5 Å². The summed E-state index contributed by atoms with van der Waals surface area (Å²) in [5.74, 6) is 1.06.